The smallest absolute Gasteiger partial charge is 0.232 e. The van der Waals surface area contributed by atoms with Crippen molar-refractivity contribution in [2.75, 3.05) is 14.1 Å². The summed E-state index contributed by atoms with van der Waals surface area (Å²) in [6.07, 6.45) is 0. The molecule has 8 heavy (non-hydrogen) atoms. The fourth-order valence-electron chi connectivity index (χ4n) is 0. The number of hydrogen-bond donors (Lipinski definition) is 1. The van der Waals surface area contributed by atoms with E-state index >= 15 is 0 Å². The van der Waals surface area contributed by atoms with Crippen molar-refractivity contribution in [3.63, 3.8) is 0 Å². The second-order valence-electron chi connectivity index (χ2n) is 1.06. The molecule has 0 unspecified atom stereocenters. The Kier molecular flexibility index (Phi) is 46.2. The van der Waals surface area contributed by atoms with Crippen LogP contribution in [0, 0.1) is 0 Å². The molecule has 0 saturated heterocycles. The van der Waals surface area contributed by atoms with E-state index < -0.39 is 0 Å². The first-order valence-electron chi connectivity index (χ1n) is 1.37. The minimum atomic E-state index is 0. The normalized spacial score (nSPS) is 4.38. The standard InChI is InChI=1S/C3H7ClN.2ClH.H3N/c1-5(2)3-4;;;/h3H,1-2H3;2*1H;1H3/q+1;;;/p-1. The molecule has 0 spiro atoms. The molecule has 4 N–H and O–H groups in total. The third-order valence-corrected chi connectivity index (χ3v) is 0.586. The van der Waals surface area contributed by atoms with E-state index in [2.05, 4.69) is 0 Å². The lowest BCUT2D eigenvalue weighted by atomic mass is 11.1. The fraction of sp³-hybridized carbons (Fsp3) is 0.667. The van der Waals surface area contributed by atoms with Gasteiger partial charge in [0.1, 0.15) is 14.1 Å². The zero-order chi connectivity index (χ0) is 4.28. The van der Waals surface area contributed by atoms with Gasteiger partial charge in [0.05, 0.1) is 0 Å². The third kappa shape index (κ3) is 31.5. The van der Waals surface area contributed by atoms with Crippen molar-refractivity contribution >= 4 is 17.3 Å². The third-order valence-electron chi connectivity index (χ3n) is 0.195. The van der Waals surface area contributed by atoms with Crippen LogP contribution in [0.2, 0.25) is 0 Å². The molecule has 0 aliphatic rings. The summed E-state index contributed by atoms with van der Waals surface area (Å²) in [7, 11) is 3.74. The summed E-state index contributed by atoms with van der Waals surface area (Å²) >= 11 is 5.14. The van der Waals surface area contributed by atoms with Gasteiger partial charge in [-0.3, -0.25) is 0 Å². The molecular weight excluding hydrogens is 170 g/mol. The maximum atomic E-state index is 5.14. The summed E-state index contributed by atoms with van der Waals surface area (Å²) in [6, 6.07) is 0. The van der Waals surface area contributed by atoms with Crippen molar-refractivity contribution in [2.45, 2.75) is 0 Å². The highest BCUT2D eigenvalue weighted by atomic mass is 35.5. The molecule has 0 bridgehead atoms. The van der Waals surface area contributed by atoms with Crippen LogP contribution in [-0.2, 0) is 0 Å². The molecule has 5 heteroatoms. The SMILES string of the molecule is C[N+](C)=CCl.[Cl-].[Cl-].[NH4+]. The number of nitrogens with zero attached hydrogens (tertiary/aromatic N) is 1. The second kappa shape index (κ2) is 15.6. The maximum Gasteiger partial charge on any atom is 0.232 e. The van der Waals surface area contributed by atoms with E-state index in [1.165, 1.54) is 5.67 Å². The number of rotatable bonds is 0. The fourth-order valence-corrected chi connectivity index (χ4v) is 0. The molecular formula is C3H11Cl3N2. The van der Waals surface area contributed by atoms with Crippen LogP contribution in [0.15, 0.2) is 0 Å². The van der Waals surface area contributed by atoms with E-state index in [-0.39, 0.29) is 31.0 Å². The predicted octanol–water partition coefficient (Wildman–Crippen LogP) is -5.09. The molecule has 0 amide bonds. The van der Waals surface area contributed by atoms with Crippen molar-refractivity contribution in [3.05, 3.63) is 0 Å². The van der Waals surface area contributed by atoms with Gasteiger partial charge in [-0.15, -0.1) is 0 Å². The summed E-state index contributed by atoms with van der Waals surface area (Å²) in [6.45, 7) is 0. The van der Waals surface area contributed by atoms with Crippen LogP contribution in [0.5, 0.6) is 0 Å². The van der Waals surface area contributed by atoms with Crippen molar-refractivity contribution in [1.82, 2.24) is 6.15 Å². The molecule has 0 saturated carbocycles. The lowest BCUT2D eigenvalue weighted by Gasteiger charge is -1.70. The van der Waals surface area contributed by atoms with Gasteiger partial charge in [-0.1, -0.05) is 0 Å². The van der Waals surface area contributed by atoms with Crippen LogP contribution >= 0.6 is 11.6 Å². The highest BCUT2D eigenvalue weighted by Crippen LogP contribution is 1.55. The van der Waals surface area contributed by atoms with E-state index in [4.69, 9.17) is 11.6 Å². The Bertz CT molecular complexity index is 50.5. The number of quaternary nitrogens is 1. The van der Waals surface area contributed by atoms with Crippen molar-refractivity contribution in [1.29, 1.82) is 0 Å². The van der Waals surface area contributed by atoms with Gasteiger partial charge >= 0.3 is 0 Å². The Labute approximate surface area is 67.3 Å². The van der Waals surface area contributed by atoms with Crippen LogP contribution in [0.3, 0.4) is 0 Å². The first kappa shape index (κ1) is 23.6. The Balaban J connectivity index is -0.0000000267. The Morgan fingerprint density at radius 2 is 1.38 bits per heavy atom. The summed E-state index contributed by atoms with van der Waals surface area (Å²) in [5.74, 6) is 0. The summed E-state index contributed by atoms with van der Waals surface area (Å²) in [5.41, 5.74) is 1.47. The summed E-state index contributed by atoms with van der Waals surface area (Å²) < 4.78 is 1.77. The lowest BCUT2D eigenvalue weighted by Crippen LogP contribution is -3.00. The molecule has 0 heterocycles. The lowest BCUT2D eigenvalue weighted by molar-refractivity contribution is -0.457. The Hall–Kier alpha value is 0.500. The van der Waals surface area contributed by atoms with Crippen LogP contribution < -0.4 is 31.0 Å². The quantitative estimate of drug-likeness (QED) is 0.287. The molecule has 0 radical (unpaired) electrons. The number of hydrogen-bond acceptors (Lipinski definition) is 0. The summed E-state index contributed by atoms with van der Waals surface area (Å²) in [4.78, 5) is 0. The first-order valence-corrected chi connectivity index (χ1v) is 1.81. The Morgan fingerprint density at radius 1 is 1.25 bits per heavy atom. The average Bonchev–Trinajstić information content (AvgIpc) is 1.38. The molecule has 0 atom stereocenters. The van der Waals surface area contributed by atoms with Crippen LogP contribution in [-0.4, -0.2) is 24.3 Å². The van der Waals surface area contributed by atoms with Gasteiger partial charge in [-0.2, -0.15) is 0 Å². The monoisotopic (exact) mass is 180 g/mol. The zero-order valence-corrected chi connectivity index (χ0v) is 7.43. The minimum absolute atomic E-state index is 0. The highest BCUT2D eigenvalue weighted by molar-refractivity contribution is 6.54. The zero-order valence-electron chi connectivity index (χ0n) is 5.16. The average molecular weight is 181 g/mol. The van der Waals surface area contributed by atoms with E-state index in [9.17, 15) is 0 Å². The minimum Gasteiger partial charge on any atom is -1.00 e. The molecule has 0 aromatic rings. The van der Waals surface area contributed by atoms with Gasteiger partial charge in [-0.25, -0.2) is 4.58 Å². The van der Waals surface area contributed by atoms with E-state index in [0.717, 1.165) is 0 Å². The van der Waals surface area contributed by atoms with Crippen molar-refractivity contribution in [2.24, 2.45) is 0 Å². The molecule has 0 rings (SSSR count). The largest absolute Gasteiger partial charge is 1.00 e. The van der Waals surface area contributed by atoms with Gasteiger partial charge in [0, 0.05) is 0 Å². The molecule has 2 nitrogen and oxygen atoms in total. The molecule has 0 aromatic carbocycles. The first-order chi connectivity index (χ1) is 2.27. The van der Waals surface area contributed by atoms with Crippen LogP contribution in [0.1, 0.15) is 0 Å². The van der Waals surface area contributed by atoms with E-state index in [1.54, 1.807) is 4.58 Å². The van der Waals surface area contributed by atoms with E-state index in [1.807, 2.05) is 14.1 Å². The second-order valence-corrected chi connectivity index (χ2v) is 1.26. The topological polar surface area (TPSA) is 39.5 Å². The van der Waals surface area contributed by atoms with Gasteiger partial charge in [0.15, 0.2) is 0 Å². The molecule has 0 fully saturated rings. The van der Waals surface area contributed by atoms with Crippen molar-refractivity contribution in [3.8, 4) is 0 Å². The summed E-state index contributed by atoms with van der Waals surface area (Å²) in [5, 5.41) is 0. The predicted molar refractivity (Wildman–Crippen MR) is 30.0 cm³/mol. The Morgan fingerprint density at radius 3 is 1.38 bits per heavy atom. The van der Waals surface area contributed by atoms with Gasteiger partial charge in [0.2, 0.25) is 5.67 Å². The molecule has 0 aliphatic carbocycles. The maximum absolute atomic E-state index is 5.14. The highest BCUT2D eigenvalue weighted by Gasteiger charge is 1.67. The number of halogens is 3. The van der Waals surface area contributed by atoms with Crippen LogP contribution in [0.4, 0.5) is 0 Å². The van der Waals surface area contributed by atoms with Gasteiger partial charge < -0.3 is 31.0 Å². The molecule has 0 aromatic heterocycles. The molecule has 54 valence electrons. The van der Waals surface area contributed by atoms with Crippen molar-refractivity contribution < 1.29 is 29.4 Å². The van der Waals surface area contributed by atoms with Gasteiger partial charge in [0.25, 0.3) is 0 Å². The van der Waals surface area contributed by atoms with Gasteiger partial charge in [-0.05, 0) is 11.6 Å². The van der Waals surface area contributed by atoms with Crippen LogP contribution in [0.25, 0.3) is 0 Å². The molecule has 0 aliphatic heterocycles. The van der Waals surface area contributed by atoms with E-state index in [0.29, 0.717) is 0 Å².